The van der Waals surface area contributed by atoms with Gasteiger partial charge in [0.15, 0.2) is 0 Å². The number of hydrogen-bond acceptors (Lipinski definition) is 5. The Morgan fingerprint density at radius 3 is 2.05 bits per heavy atom. The molecule has 0 bridgehead atoms. The van der Waals surface area contributed by atoms with E-state index in [1.807, 2.05) is 0 Å². The number of carbonyl (C=O) groups is 2. The molecule has 0 aliphatic carbocycles. The Kier molecular flexibility index (Phi) is 8.06. The van der Waals surface area contributed by atoms with Crippen LogP contribution in [0.5, 0.6) is 0 Å². The van der Waals surface area contributed by atoms with Crippen LogP contribution < -0.4 is 5.32 Å². The molecule has 124 valence electrons. The number of thioether (sulfide) groups is 1. The largest absolute Gasteiger partial charge is 0.458 e. The van der Waals surface area contributed by atoms with Crippen LogP contribution in [0.1, 0.15) is 48.0 Å². The summed E-state index contributed by atoms with van der Waals surface area (Å²) in [6.07, 6.45) is -0.411. The number of hydrogen-bond donors (Lipinski definition) is 1. The lowest BCUT2D eigenvalue weighted by molar-refractivity contribution is -0.157. The van der Waals surface area contributed by atoms with E-state index in [0.29, 0.717) is 5.75 Å². The Morgan fingerprint density at radius 2 is 1.62 bits per heavy atom. The third-order valence-electron chi connectivity index (χ3n) is 2.01. The molecular weight excluding hydrogens is 297 g/mol. The van der Waals surface area contributed by atoms with Crippen molar-refractivity contribution in [2.24, 2.45) is 0 Å². The molecule has 0 aliphatic heterocycles. The zero-order valence-corrected chi connectivity index (χ0v) is 14.4. The molecule has 0 aromatic carbocycles. The lowest BCUT2D eigenvalue weighted by Crippen LogP contribution is -2.46. The van der Waals surface area contributed by atoms with Crippen molar-refractivity contribution in [1.82, 2.24) is 5.32 Å². The summed E-state index contributed by atoms with van der Waals surface area (Å²) < 4.78 is 22.5. The fourth-order valence-electron chi connectivity index (χ4n) is 1.33. The molecule has 1 atom stereocenters. The number of amides is 1. The van der Waals surface area contributed by atoms with Crippen molar-refractivity contribution in [3.8, 4) is 0 Å². The number of alkyl halides is 1. The summed E-state index contributed by atoms with van der Waals surface area (Å²) in [5, 5.41) is 2.48. The Labute approximate surface area is 130 Å². The van der Waals surface area contributed by atoms with Gasteiger partial charge in [-0.1, -0.05) is 0 Å². The third-order valence-corrected chi connectivity index (χ3v) is 2.69. The van der Waals surface area contributed by atoms with Crippen LogP contribution in [0, 0.1) is 0 Å². The maximum atomic E-state index is 12.1. The first-order valence-electron chi connectivity index (χ1n) is 6.80. The van der Waals surface area contributed by atoms with Crippen LogP contribution >= 0.6 is 11.8 Å². The van der Waals surface area contributed by atoms with Gasteiger partial charge in [0.2, 0.25) is 0 Å². The molecule has 0 saturated heterocycles. The van der Waals surface area contributed by atoms with Gasteiger partial charge in [-0.15, -0.1) is 11.8 Å². The molecule has 0 radical (unpaired) electrons. The molecule has 0 fully saturated rings. The van der Waals surface area contributed by atoms with Gasteiger partial charge in [-0.3, -0.25) is 0 Å². The highest BCUT2D eigenvalue weighted by Crippen LogP contribution is 2.13. The fraction of sp³-hybridized carbons (Fsp3) is 0.857. The van der Waals surface area contributed by atoms with Gasteiger partial charge in [0.05, 0.1) is 0 Å². The minimum absolute atomic E-state index is 0.280. The molecule has 0 aliphatic rings. The second-order valence-corrected chi connectivity index (χ2v) is 7.57. The minimum atomic E-state index is -0.849. The second-order valence-electron chi connectivity index (χ2n) is 6.54. The maximum Gasteiger partial charge on any atom is 0.408 e. The van der Waals surface area contributed by atoms with E-state index in [-0.39, 0.29) is 6.42 Å². The van der Waals surface area contributed by atoms with Crippen LogP contribution in [-0.2, 0) is 14.3 Å². The minimum Gasteiger partial charge on any atom is -0.458 e. The monoisotopic (exact) mass is 323 g/mol. The summed E-state index contributed by atoms with van der Waals surface area (Å²) in [5.41, 5.74) is -1.31. The van der Waals surface area contributed by atoms with Gasteiger partial charge in [-0.05, 0) is 53.7 Å². The first-order valence-corrected chi connectivity index (χ1v) is 7.96. The molecule has 0 aromatic rings. The Hall–Kier alpha value is -0.980. The van der Waals surface area contributed by atoms with E-state index in [9.17, 15) is 14.0 Å². The fourth-order valence-corrected chi connectivity index (χ4v) is 1.84. The van der Waals surface area contributed by atoms with Gasteiger partial charge in [0, 0.05) is 0 Å². The van der Waals surface area contributed by atoms with Crippen LogP contribution in [0.3, 0.4) is 0 Å². The van der Waals surface area contributed by atoms with E-state index >= 15 is 0 Å². The van der Waals surface area contributed by atoms with E-state index in [1.54, 1.807) is 41.5 Å². The van der Waals surface area contributed by atoms with Crippen molar-refractivity contribution in [2.75, 3.05) is 11.8 Å². The van der Waals surface area contributed by atoms with Crippen LogP contribution in [0.25, 0.3) is 0 Å². The number of ether oxygens (including phenoxy) is 2. The first kappa shape index (κ1) is 20.0. The highest BCUT2D eigenvalue weighted by atomic mass is 32.2. The highest BCUT2D eigenvalue weighted by molar-refractivity contribution is 7.99. The van der Waals surface area contributed by atoms with E-state index < -0.39 is 35.3 Å². The summed E-state index contributed by atoms with van der Waals surface area (Å²) in [5.74, 6) is -0.149. The van der Waals surface area contributed by atoms with E-state index in [1.165, 1.54) is 0 Å². The van der Waals surface area contributed by atoms with Crippen molar-refractivity contribution in [3.05, 3.63) is 0 Å². The quantitative estimate of drug-likeness (QED) is 0.600. The number of carbonyl (C=O) groups excluding carboxylic acids is 2. The molecule has 21 heavy (non-hydrogen) atoms. The van der Waals surface area contributed by atoms with Crippen LogP contribution in [0.4, 0.5) is 9.18 Å². The lowest BCUT2D eigenvalue weighted by Gasteiger charge is -2.26. The van der Waals surface area contributed by atoms with Crippen molar-refractivity contribution in [1.29, 1.82) is 0 Å². The Bertz CT molecular complexity index is 350. The third kappa shape index (κ3) is 11.4. The van der Waals surface area contributed by atoms with Crippen LogP contribution in [0.2, 0.25) is 0 Å². The molecule has 0 saturated carbocycles. The SMILES string of the molecule is CC(C)(C)OC(=O)NC(CCSCF)C(=O)OC(C)(C)C. The van der Waals surface area contributed by atoms with E-state index in [0.717, 1.165) is 11.8 Å². The zero-order chi connectivity index (χ0) is 16.7. The standard InChI is InChI=1S/C14H26FNO4S/c1-13(2,3)19-11(17)10(7-8-21-9-15)16-12(18)20-14(4,5)6/h10H,7-9H2,1-6H3,(H,16,18). The Morgan fingerprint density at radius 1 is 1.10 bits per heavy atom. The predicted octanol–water partition coefficient (Wildman–Crippen LogP) is 3.27. The van der Waals surface area contributed by atoms with Gasteiger partial charge in [-0.25, -0.2) is 14.0 Å². The molecule has 5 nitrogen and oxygen atoms in total. The molecule has 0 aromatic heterocycles. The Balaban J connectivity index is 4.65. The molecular formula is C14H26FNO4S. The predicted molar refractivity (Wildman–Crippen MR) is 82.1 cm³/mol. The van der Waals surface area contributed by atoms with Gasteiger partial charge in [0.25, 0.3) is 0 Å². The topological polar surface area (TPSA) is 64.6 Å². The summed E-state index contributed by atoms with van der Waals surface area (Å²) in [6.45, 7) is 10.4. The summed E-state index contributed by atoms with van der Waals surface area (Å²) >= 11 is 1.05. The molecule has 0 heterocycles. The van der Waals surface area contributed by atoms with Crippen LogP contribution in [0.15, 0.2) is 0 Å². The summed E-state index contributed by atoms with van der Waals surface area (Å²) in [6, 6.07) is -1.38. The highest BCUT2D eigenvalue weighted by Gasteiger charge is 2.28. The number of halogens is 1. The number of esters is 1. The number of rotatable bonds is 6. The van der Waals surface area contributed by atoms with Crippen molar-refractivity contribution >= 4 is 23.8 Å². The van der Waals surface area contributed by atoms with Crippen molar-refractivity contribution < 1.29 is 23.5 Å². The van der Waals surface area contributed by atoms with E-state index in [4.69, 9.17) is 9.47 Å². The van der Waals surface area contributed by atoms with Gasteiger partial charge in [-0.2, -0.15) is 0 Å². The molecule has 7 heteroatoms. The van der Waals surface area contributed by atoms with Crippen LogP contribution in [-0.4, -0.2) is 41.1 Å². The summed E-state index contributed by atoms with van der Waals surface area (Å²) in [7, 11) is 0. The number of alkyl carbamates (subject to hydrolysis) is 1. The normalized spacial score (nSPS) is 13.5. The molecule has 1 amide bonds. The second kappa shape index (κ2) is 8.46. The first-order chi connectivity index (χ1) is 9.44. The maximum absolute atomic E-state index is 12.1. The zero-order valence-electron chi connectivity index (χ0n) is 13.6. The molecule has 0 rings (SSSR count). The average molecular weight is 323 g/mol. The summed E-state index contributed by atoms with van der Waals surface area (Å²) in [4.78, 5) is 23.8. The average Bonchev–Trinajstić information content (AvgIpc) is 2.22. The molecule has 1 unspecified atom stereocenters. The smallest absolute Gasteiger partial charge is 0.408 e. The van der Waals surface area contributed by atoms with Gasteiger partial charge < -0.3 is 14.8 Å². The molecule has 1 N–H and O–H groups in total. The van der Waals surface area contributed by atoms with Crippen molar-refractivity contribution in [2.45, 2.75) is 65.2 Å². The van der Waals surface area contributed by atoms with Gasteiger partial charge >= 0.3 is 12.1 Å². The number of nitrogens with one attached hydrogen (secondary N) is 1. The van der Waals surface area contributed by atoms with Gasteiger partial charge in [0.1, 0.15) is 23.3 Å². The van der Waals surface area contributed by atoms with Crippen molar-refractivity contribution in [3.63, 3.8) is 0 Å². The van der Waals surface area contributed by atoms with E-state index in [2.05, 4.69) is 5.32 Å². The lowest BCUT2D eigenvalue weighted by atomic mass is 10.1. The molecule has 0 spiro atoms.